The van der Waals surface area contributed by atoms with Gasteiger partial charge in [0.05, 0.1) is 5.69 Å². The van der Waals surface area contributed by atoms with Crippen LogP contribution in [0, 0.1) is 0 Å². The topological polar surface area (TPSA) is 87.2 Å². The van der Waals surface area contributed by atoms with Crippen LogP contribution in [0.3, 0.4) is 0 Å². The lowest BCUT2D eigenvalue weighted by molar-refractivity contribution is -0.147. The molecule has 3 rings (SSSR count). The van der Waals surface area contributed by atoms with Crippen molar-refractivity contribution in [3.63, 3.8) is 0 Å². The summed E-state index contributed by atoms with van der Waals surface area (Å²) >= 11 is 0. The Hall–Kier alpha value is -2.57. The molecule has 0 saturated carbocycles. The fourth-order valence-corrected chi connectivity index (χ4v) is 2.88. The van der Waals surface area contributed by atoms with E-state index in [9.17, 15) is 14.4 Å². The minimum Gasteiger partial charge on any atom is -0.482 e. The molecule has 1 N–H and O–H groups in total. The zero-order valence-corrected chi connectivity index (χ0v) is 11.9. The summed E-state index contributed by atoms with van der Waals surface area (Å²) in [5.74, 6) is -1.11. The highest BCUT2D eigenvalue weighted by atomic mass is 16.5. The van der Waals surface area contributed by atoms with Crippen LogP contribution in [0.5, 0.6) is 5.75 Å². The lowest BCUT2D eigenvalue weighted by atomic mass is 10.2. The summed E-state index contributed by atoms with van der Waals surface area (Å²) < 4.78 is 5.32. The third-order valence-electron chi connectivity index (χ3n) is 3.96. The number of amides is 2. The van der Waals surface area contributed by atoms with Crippen molar-refractivity contribution >= 4 is 23.5 Å². The van der Waals surface area contributed by atoms with Crippen LogP contribution in [0.15, 0.2) is 24.3 Å². The summed E-state index contributed by atoms with van der Waals surface area (Å²) in [6.45, 7) is 0.131. The average molecular weight is 304 g/mol. The van der Waals surface area contributed by atoms with Gasteiger partial charge < -0.3 is 14.7 Å². The van der Waals surface area contributed by atoms with Gasteiger partial charge in [-0.3, -0.25) is 14.5 Å². The van der Waals surface area contributed by atoms with Crippen molar-refractivity contribution < 1.29 is 24.2 Å². The second-order valence-electron chi connectivity index (χ2n) is 5.32. The number of hydrogen-bond acceptors (Lipinski definition) is 4. The predicted octanol–water partition coefficient (Wildman–Crippen LogP) is 0.488. The highest BCUT2D eigenvalue weighted by Gasteiger charge is 2.36. The first kappa shape index (κ1) is 14.4. The third kappa shape index (κ3) is 2.49. The van der Waals surface area contributed by atoms with E-state index in [4.69, 9.17) is 9.84 Å². The average Bonchev–Trinajstić information content (AvgIpc) is 3.00. The summed E-state index contributed by atoms with van der Waals surface area (Å²) in [5.41, 5.74) is 0.540. The minimum atomic E-state index is -1.00. The molecule has 7 nitrogen and oxygen atoms in total. The minimum absolute atomic E-state index is 0.118. The molecule has 116 valence electrons. The Morgan fingerprint density at radius 2 is 2.09 bits per heavy atom. The van der Waals surface area contributed by atoms with Crippen molar-refractivity contribution in [1.82, 2.24) is 4.90 Å². The molecule has 0 radical (unpaired) electrons. The van der Waals surface area contributed by atoms with E-state index < -0.39 is 12.0 Å². The monoisotopic (exact) mass is 304 g/mol. The molecule has 0 aromatic heterocycles. The van der Waals surface area contributed by atoms with Crippen molar-refractivity contribution in [3.05, 3.63) is 24.3 Å². The molecule has 1 saturated heterocycles. The van der Waals surface area contributed by atoms with Gasteiger partial charge in [-0.05, 0) is 25.0 Å². The molecule has 1 fully saturated rings. The Morgan fingerprint density at radius 1 is 1.32 bits per heavy atom. The Kier molecular flexibility index (Phi) is 3.70. The number of carbonyl (C=O) groups is 3. The molecule has 1 aromatic rings. The van der Waals surface area contributed by atoms with Gasteiger partial charge in [-0.25, -0.2) is 4.79 Å². The summed E-state index contributed by atoms with van der Waals surface area (Å²) in [6, 6.07) is 6.19. The molecular weight excluding hydrogens is 288 g/mol. The van der Waals surface area contributed by atoms with Gasteiger partial charge in [0.25, 0.3) is 5.91 Å². The number of carboxylic acids is 1. The molecule has 0 spiro atoms. The Morgan fingerprint density at radius 3 is 2.86 bits per heavy atom. The third-order valence-corrected chi connectivity index (χ3v) is 3.96. The highest BCUT2D eigenvalue weighted by Crippen LogP contribution is 2.31. The number of anilines is 1. The maximum absolute atomic E-state index is 12.4. The van der Waals surface area contributed by atoms with E-state index >= 15 is 0 Å². The second-order valence-corrected chi connectivity index (χ2v) is 5.32. The van der Waals surface area contributed by atoms with Crippen LogP contribution in [0.25, 0.3) is 0 Å². The molecule has 22 heavy (non-hydrogen) atoms. The van der Waals surface area contributed by atoms with Crippen LogP contribution in [-0.2, 0) is 14.4 Å². The normalized spacial score (nSPS) is 20.5. The fraction of sp³-hybridized carbons (Fsp3) is 0.400. The van der Waals surface area contributed by atoms with E-state index in [2.05, 4.69) is 0 Å². The van der Waals surface area contributed by atoms with E-state index in [0.29, 0.717) is 30.8 Å². The molecule has 2 aliphatic heterocycles. The van der Waals surface area contributed by atoms with Gasteiger partial charge in [-0.1, -0.05) is 12.1 Å². The number of likely N-dealkylation sites (tertiary alicyclic amines) is 1. The quantitative estimate of drug-likeness (QED) is 0.878. The van der Waals surface area contributed by atoms with E-state index in [1.807, 2.05) is 0 Å². The lowest BCUT2D eigenvalue weighted by Crippen LogP contribution is -2.49. The summed E-state index contributed by atoms with van der Waals surface area (Å²) in [6.07, 6.45) is 1.12. The summed E-state index contributed by atoms with van der Waals surface area (Å²) in [7, 11) is 0. The SMILES string of the molecule is O=C(O)C1CCCN1C(=O)CN1C(=O)COc2ccccc21. The first-order valence-corrected chi connectivity index (χ1v) is 7.12. The Balaban J connectivity index is 1.79. The number of para-hydroxylation sites is 2. The van der Waals surface area contributed by atoms with E-state index in [-0.39, 0.29) is 25.0 Å². The second kappa shape index (κ2) is 5.67. The van der Waals surface area contributed by atoms with Gasteiger partial charge in [-0.2, -0.15) is 0 Å². The van der Waals surface area contributed by atoms with Gasteiger partial charge in [0, 0.05) is 6.54 Å². The molecule has 7 heteroatoms. The van der Waals surface area contributed by atoms with E-state index in [0.717, 1.165) is 0 Å². The van der Waals surface area contributed by atoms with Crippen molar-refractivity contribution in [2.24, 2.45) is 0 Å². The predicted molar refractivity (Wildman–Crippen MR) is 76.7 cm³/mol. The maximum Gasteiger partial charge on any atom is 0.326 e. The number of ether oxygens (including phenoxy) is 1. The van der Waals surface area contributed by atoms with Crippen LogP contribution >= 0.6 is 0 Å². The van der Waals surface area contributed by atoms with Crippen molar-refractivity contribution in [3.8, 4) is 5.75 Å². The fourth-order valence-electron chi connectivity index (χ4n) is 2.88. The molecular formula is C15H16N2O5. The zero-order valence-electron chi connectivity index (χ0n) is 11.9. The molecule has 1 unspecified atom stereocenters. The first-order chi connectivity index (χ1) is 10.6. The number of aliphatic carboxylic acids is 1. The van der Waals surface area contributed by atoms with Gasteiger partial charge in [-0.15, -0.1) is 0 Å². The Labute approximate surface area is 127 Å². The Bertz CT molecular complexity index is 630. The van der Waals surface area contributed by atoms with Crippen molar-refractivity contribution in [2.75, 3.05) is 24.6 Å². The van der Waals surface area contributed by atoms with Crippen molar-refractivity contribution in [1.29, 1.82) is 0 Å². The van der Waals surface area contributed by atoms with E-state index in [1.165, 1.54) is 9.80 Å². The molecule has 2 aliphatic rings. The van der Waals surface area contributed by atoms with E-state index in [1.54, 1.807) is 24.3 Å². The van der Waals surface area contributed by atoms with Gasteiger partial charge in [0.1, 0.15) is 18.3 Å². The number of benzene rings is 1. The van der Waals surface area contributed by atoms with Crippen LogP contribution in [0.2, 0.25) is 0 Å². The summed E-state index contributed by atoms with van der Waals surface area (Å²) in [5, 5.41) is 9.15. The standard InChI is InChI=1S/C15H16N2O5/c18-13(16-7-3-5-11(16)15(20)21)8-17-10-4-1-2-6-12(10)22-9-14(17)19/h1-2,4,6,11H,3,5,7-9H2,(H,20,21). The van der Waals surface area contributed by atoms with Crippen LogP contribution < -0.4 is 9.64 Å². The molecule has 1 aromatic carbocycles. The largest absolute Gasteiger partial charge is 0.482 e. The summed E-state index contributed by atoms with van der Waals surface area (Å²) in [4.78, 5) is 38.3. The van der Waals surface area contributed by atoms with Crippen LogP contribution in [0.4, 0.5) is 5.69 Å². The number of fused-ring (bicyclic) bond motifs is 1. The molecule has 1 atom stereocenters. The molecule has 2 amide bonds. The van der Waals surface area contributed by atoms with Crippen LogP contribution in [-0.4, -0.2) is 53.5 Å². The van der Waals surface area contributed by atoms with Gasteiger partial charge >= 0.3 is 5.97 Å². The number of nitrogens with zero attached hydrogens (tertiary/aromatic N) is 2. The highest BCUT2D eigenvalue weighted by molar-refractivity contribution is 6.02. The molecule has 0 aliphatic carbocycles. The maximum atomic E-state index is 12.4. The molecule has 2 heterocycles. The first-order valence-electron chi connectivity index (χ1n) is 7.12. The zero-order chi connectivity index (χ0) is 15.7. The van der Waals surface area contributed by atoms with Gasteiger partial charge in [0.15, 0.2) is 6.61 Å². The smallest absolute Gasteiger partial charge is 0.326 e. The van der Waals surface area contributed by atoms with Crippen molar-refractivity contribution in [2.45, 2.75) is 18.9 Å². The number of carboxylic acid groups (broad SMARTS) is 1. The molecule has 0 bridgehead atoms. The lowest BCUT2D eigenvalue weighted by Gasteiger charge is -2.31. The number of carbonyl (C=O) groups excluding carboxylic acids is 2. The van der Waals surface area contributed by atoms with Crippen LogP contribution in [0.1, 0.15) is 12.8 Å². The number of rotatable bonds is 3. The van der Waals surface area contributed by atoms with Gasteiger partial charge in [0.2, 0.25) is 5.91 Å². The number of hydrogen-bond donors (Lipinski definition) is 1.